The van der Waals surface area contributed by atoms with Crippen molar-refractivity contribution in [2.45, 2.75) is 6.92 Å². The molecule has 2 rings (SSSR count). The van der Waals surface area contributed by atoms with E-state index in [-0.39, 0.29) is 5.97 Å². The first-order chi connectivity index (χ1) is 7.13. The monoisotopic (exact) mass is 207 g/mol. The summed E-state index contributed by atoms with van der Waals surface area (Å²) in [5.41, 5.74) is 7.33. The Kier molecular flexibility index (Phi) is 3.68. The molecule has 0 unspecified atom stereocenters. The average molecular weight is 207 g/mol. The fraction of sp³-hybridized carbons (Fsp3) is 0.200. The van der Waals surface area contributed by atoms with E-state index in [2.05, 4.69) is 14.7 Å². The second-order valence-electron chi connectivity index (χ2n) is 2.83. The van der Waals surface area contributed by atoms with Gasteiger partial charge in [0.2, 0.25) is 0 Å². The first kappa shape index (κ1) is 11.0. The van der Waals surface area contributed by atoms with Crippen LogP contribution in [0.25, 0.3) is 11.0 Å². The fourth-order valence-electron chi connectivity index (χ4n) is 0.973. The molecule has 0 spiro atoms. The third-order valence-electron chi connectivity index (χ3n) is 1.70. The standard InChI is InChI=1S/C7H7N3.C3H6O2/c8-7-9-5-3-1-2-4-6(5)10-7;1-3(4)5-2/h1-4H,(H3,8,9,10);1-2H3. The quantitative estimate of drug-likeness (QED) is 0.638. The first-order valence-corrected chi connectivity index (χ1v) is 4.38. The van der Waals surface area contributed by atoms with Gasteiger partial charge in [-0.3, -0.25) is 4.79 Å². The molecule has 0 bridgehead atoms. The van der Waals surface area contributed by atoms with Gasteiger partial charge in [-0.15, -0.1) is 0 Å². The van der Waals surface area contributed by atoms with Gasteiger partial charge in [0.05, 0.1) is 18.1 Å². The summed E-state index contributed by atoms with van der Waals surface area (Å²) in [6.45, 7) is 1.36. The third kappa shape index (κ3) is 3.30. The SMILES string of the molecule is COC(C)=O.Nc1nc2ccccc2[nH]1. The van der Waals surface area contributed by atoms with Gasteiger partial charge in [-0.2, -0.15) is 0 Å². The molecule has 2 aromatic rings. The summed E-state index contributed by atoms with van der Waals surface area (Å²) in [5.74, 6) is 0.228. The number of nitrogens with zero attached hydrogens (tertiary/aromatic N) is 1. The maximum Gasteiger partial charge on any atom is 0.302 e. The molecule has 5 heteroatoms. The minimum absolute atomic E-state index is 0.245. The molecule has 0 aliphatic carbocycles. The molecular weight excluding hydrogens is 194 g/mol. The number of aromatic nitrogens is 2. The van der Waals surface area contributed by atoms with Crippen LogP contribution in [0.3, 0.4) is 0 Å². The highest BCUT2D eigenvalue weighted by Gasteiger charge is 1.94. The van der Waals surface area contributed by atoms with E-state index in [1.807, 2.05) is 24.3 Å². The number of para-hydroxylation sites is 2. The largest absolute Gasteiger partial charge is 0.469 e. The lowest BCUT2D eigenvalue weighted by Gasteiger charge is -1.81. The summed E-state index contributed by atoms with van der Waals surface area (Å²) in [6.07, 6.45) is 0. The maximum atomic E-state index is 9.59. The number of hydrogen-bond acceptors (Lipinski definition) is 4. The summed E-state index contributed by atoms with van der Waals surface area (Å²) in [4.78, 5) is 16.6. The number of carbonyl (C=O) groups is 1. The molecule has 1 heterocycles. The topological polar surface area (TPSA) is 81.0 Å². The minimum Gasteiger partial charge on any atom is -0.469 e. The zero-order valence-corrected chi connectivity index (χ0v) is 8.65. The molecule has 0 aliphatic heterocycles. The molecule has 15 heavy (non-hydrogen) atoms. The number of methoxy groups -OCH3 is 1. The Morgan fingerprint density at radius 2 is 2.07 bits per heavy atom. The van der Waals surface area contributed by atoms with E-state index in [0.717, 1.165) is 11.0 Å². The van der Waals surface area contributed by atoms with Gasteiger partial charge in [0.1, 0.15) is 0 Å². The van der Waals surface area contributed by atoms with Crippen molar-refractivity contribution in [3.05, 3.63) is 24.3 Å². The van der Waals surface area contributed by atoms with E-state index in [1.54, 1.807) is 0 Å². The number of nitrogens with one attached hydrogen (secondary N) is 1. The van der Waals surface area contributed by atoms with Crippen molar-refractivity contribution in [3.63, 3.8) is 0 Å². The van der Waals surface area contributed by atoms with Gasteiger partial charge >= 0.3 is 5.97 Å². The molecule has 80 valence electrons. The van der Waals surface area contributed by atoms with Crippen molar-refractivity contribution >= 4 is 23.0 Å². The highest BCUT2D eigenvalue weighted by Crippen LogP contribution is 2.10. The average Bonchev–Trinajstić information content (AvgIpc) is 2.58. The predicted octanol–water partition coefficient (Wildman–Crippen LogP) is 1.32. The highest BCUT2D eigenvalue weighted by molar-refractivity contribution is 5.76. The summed E-state index contributed by atoms with van der Waals surface area (Å²) >= 11 is 0. The van der Waals surface area contributed by atoms with Gasteiger partial charge in [-0.25, -0.2) is 4.98 Å². The Labute approximate surface area is 87.3 Å². The van der Waals surface area contributed by atoms with Crippen LogP contribution < -0.4 is 5.73 Å². The van der Waals surface area contributed by atoms with Crippen LogP contribution in [0, 0.1) is 0 Å². The molecular formula is C10H13N3O2. The van der Waals surface area contributed by atoms with Crippen LogP contribution in [0.5, 0.6) is 0 Å². The zero-order chi connectivity index (χ0) is 11.3. The number of nitrogen functional groups attached to an aromatic ring is 1. The number of anilines is 1. The molecule has 5 nitrogen and oxygen atoms in total. The van der Waals surface area contributed by atoms with Crippen LogP contribution in [0.4, 0.5) is 5.95 Å². The number of H-pyrrole nitrogens is 1. The van der Waals surface area contributed by atoms with Gasteiger partial charge in [0, 0.05) is 6.92 Å². The second kappa shape index (κ2) is 4.99. The van der Waals surface area contributed by atoms with Crippen LogP contribution >= 0.6 is 0 Å². The van der Waals surface area contributed by atoms with E-state index in [1.165, 1.54) is 14.0 Å². The van der Waals surface area contributed by atoms with Crippen molar-refractivity contribution in [2.24, 2.45) is 0 Å². The number of fused-ring (bicyclic) bond motifs is 1. The molecule has 1 aromatic carbocycles. The minimum atomic E-state index is -0.245. The number of rotatable bonds is 0. The molecule has 0 radical (unpaired) electrons. The Bertz CT molecular complexity index is 418. The smallest absolute Gasteiger partial charge is 0.302 e. The number of carbonyl (C=O) groups excluding carboxylic acids is 1. The van der Waals surface area contributed by atoms with Gasteiger partial charge in [-0.05, 0) is 12.1 Å². The number of aromatic amines is 1. The Hall–Kier alpha value is -2.04. The molecule has 0 saturated heterocycles. The molecule has 0 amide bonds. The number of hydrogen-bond donors (Lipinski definition) is 2. The summed E-state index contributed by atoms with van der Waals surface area (Å²) in [5, 5.41) is 0. The van der Waals surface area contributed by atoms with Crippen LogP contribution in [0.15, 0.2) is 24.3 Å². The number of imidazole rings is 1. The van der Waals surface area contributed by atoms with Crippen molar-refractivity contribution in [3.8, 4) is 0 Å². The van der Waals surface area contributed by atoms with Crippen molar-refractivity contribution in [1.29, 1.82) is 0 Å². The summed E-state index contributed by atoms with van der Waals surface area (Å²) in [6, 6.07) is 7.74. The third-order valence-corrected chi connectivity index (χ3v) is 1.70. The van der Waals surface area contributed by atoms with Crippen LogP contribution in [0.1, 0.15) is 6.92 Å². The molecule has 1 aromatic heterocycles. The number of benzene rings is 1. The van der Waals surface area contributed by atoms with Crippen LogP contribution in [-0.2, 0) is 9.53 Å². The van der Waals surface area contributed by atoms with Crippen LogP contribution in [0.2, 0.25) is 0 Å². The lowest BCUT2D eigenvalue weighted by atomic mass is 10.3. The molecule has 3 N–H and O–H groups in total. The van der Waals surface area contributed by atoms with E-state index >= 15 is 0 Å². The van der Waals surface area contributed by atoms with Gasteiger partial charge < -0.3 is 15.5 Å². The predicted molar refractivity (Wildman–Crippen MR) is 58.2 cm³/mol. The van der Waals surface area contributed by atoms with E-state index in [0.29, 0.717) is 5.95 Å². The number of ether oxygens (including phenoxy) is 1. The highest BCUT2D eigenvalue weighted by atomic mass is 16.5. The molecule has 0 aliphatic rings. The fourth-order valence-corrected chi connectivity index (χ4v) is 0.973. The lowest BCUT2D eigenvalue weighted by Crippen LogP contribution is -1.88. The number of nitrogens with two attached hydrogens (primary N) is 1. The zero-order valence-electron chi connectivity index (χ0n) is 8.65. The van der Waals surface area contributed by atoms with Crippen molar-refractivity contribution < 1.29 is 9.53 Å². The summed E-state index contributed by atoms with van der Waals surface area (Å²) in [7, 11) is 1.35. The molecule has 0 saturated carbocycles. The Morgan fingerprint density at radius 1 is 1.47 bits per heavy atom. The molecule has 0 atom stereocenters. The van der Waals surface area contributed by atoms with Crippen molar-refractivity contribution in [1.82, 2.24) is 9.97 Å². The van der Waals surface area contributed by atoms with E-state index in [9.17, 15) is 4.79 Å². The number of esters is 1. The molecule has 0 fully saturated rings. The Balaban J connectivity index is 0.000000195. The Morgan fingerprint density at radius 3 is 2.60 bits per heavy atom. The van der Waals surface area contributed by atoms with Gasteiger partial charge in [-0.1, -0.05) is 12.1 Å². The van der Waals surface area contributed by atoms with Gasteiger partial charge in [0.25, 0.3) is 0 Å². The second-order valence-corrected chi connectivity index (χ2v) is 2.83. The van der Waals surface area contributed by atoms with Gasteiger partial charge in [0.15, 0.2) is 5.95 Å². The summed E-state index contributed by atoms with van der Waals surface area (Å²) < 4.78 is 4.11. The first-order valence-electron chi connectivity index (χ1n) is 4.38. The normalized spacial score (nSPS) is 9.20. The van der Waals surface area contributed by atoms with Crippen LogP contribution in [-0.4, -0.2) is 23.0 Å². The lowest BCUT2D eigenvalue weighted by molar-refractivity contribution is -0.137. The van der Waals surface area contributed by atoms with Crippen molar-refractivity contribution in [2.75, 3.05) is 12.8 Å². The van der Waals surface area contributed by atoms with E-state index < -0.39 is 0 Å². The van der Waals surface area contributed by atoms with E-state index in [4.69, 9.17) is 5.73 Å². The maximum absolute atomic E-state index is 9.59.